The Morgan fingerprint density at radius 2 is 1.67 bits per heavy atom. The number of rotatable bonds is 7. The van der Waals surface area contributed by atoms with Gasteiger partial charge in [0, 0.05) is 65.1 Å². The number of piperazine rings is 1. The van der Waals surface area contributed by atoms with Crippen molar-refractivity contribution in [2.75, 3.05) is 65.4 Å². The number of nitrogens with one attached hydrogen (secondary N) is 1. The fourth-order valence-electron chi connectivity index (χ4n) is 4.42. The van der Waals surface area contributed by atoms with Gasteiger partial charge in [-0.1, -0.05) is 30.4 Å². The minimum Gasteiger partial charge on any atom is -0.493 e. The van der Waals surface area contributed by atoms with Gasteiger partial charge in [0.1, 0.15) is 0 Å². The molecule has 0 aliphatic carbocycles. The molecule has 33 heavy (non-hydrogen) atoms. The van der Waals surface area contributed by atoms with Crippen LogP contribution in [0, 0.1) is 0 Å². The second-order valence-corrected chi connectivity index (χ2v) is 8.40. The summed E-state index contributed by atoms with van der Waals surface area (Å²) in [5.74, 6) is 2.51. The maximum atomic E-state index is 5.45. The van der Waals surface area contributed by atoms with Crippen LogP contribution >= 0.6 is 0 Å². The van der Waals surface area contributed by atoms with Crippen molar-refractivity contribution >= 4 is 11.6 Å². The van der Waals surface area contributed by atoms with Crippen molar-refractivity contribution in [3.8, 4) is 11.5 Å². The summed E-state index contributed by atoms with van der Waals surface area (Å²) in [5.41, 5.74) is 3.78. The fraction of sp³-hybridized carbons (Fsp3) is 0.423. The number of nitrogens with zero attached hydrogens (tertiary/aromatic N) is 4. The second-order valence-electron chi connectivity index (χ2n) is 8.40. The molecule has 0 aromatic heterocycles. The summed E-state index contributed by atoms with van der Waals surface area (Å²) in [7, 11) is 5.21. The summed E-state index contributed by atoms with van der Waals surface area (Å²) in [4.78, 5) is 11.7. The Morgan fingerprint density at radius 3 is 2.36 bits per heavy atom. The van der Waals surface area contributed by atoms with Gasteiger partial charge in [0.2, 0.25) is 0 Å². The normalized spacial score (nSPS) is 16.9. The maximum Gasteiger partial charge on any atom is 0.194 e. The van der Waals surface area contributed by atoms with E-state index < -0.39 is 0 Å². The minimum absolute atomic E-state index is 0.767. The molecule has 0 saturated carbocycles. The molecule has 176 valence electrons. The number of hydrogen-bond donors (Lipinski definition) is 1. The highest BCUT2D eigenvalue weighted by Gasteiger charge is 2.20. The van der Waals surface area contributed by atoms with Crippen molar-refractivity contribution < 1.29 is 9.47 Å². The van der Waals surface area contributed by atoms with E-state index in [0.717, 1.165) is 69.8 Å². The molecule has 0 spiro atoms. The van der Waals surface area contributed by atoms with Crippen LogP contribution in [0.1, 0.15) is 11.1 Å². The van der Waals surface area contributed by atoms with Crippen molar-refractivity contribution in [2.45, 2.75) is 13.1 Å². The van der Waals surface area contributed by atoms with Crippen LogP contribution in [0.5, 0.6) is 11.5 Å². The van der Waals surface area contributed by atoms with Gasteiger partial charge < -0.3 is 24.6 Å². The van der Waals surface area contributed by atoms with Gasteiger partial charge in [-0.3, -0.25) is 9.89 Å². The number of hydrogen-bond acceptors (Lipinski definition) is 5. The van der Waals surface area contributed by atoms with Crippen LogP contribution in [-0.2, 0) is 13.1 Å². The molecule has 0 amide bonds. The van der Waals surface area contributed by atoms with Crippen molar-refractivity contribution in [1.29, 1.82) is 0 Å². The van der Waals surface area contributed by atoms with Gasteiger partial charge in [-0.25, -0.2) is 0 Å². The first-order valence-corrected chi connectivity index (χ1v) is 11.6. The lowest BCUT2D eigenvalue weighted by molar-refractivity contribution is 0.172. The minimum atomic E-state index is 0.767. The molecular formula is C26H35N5O2. The van der Waals surface area contributed by atoms with E-state index >= 15 is 0 Å². The largest absolute Gasteiger partial charge is 0.493 e. The quantitative estimate of drug-likeness (QED) is 0.399. The summed E-state index contributed by atoms with van der Waals surface area (Å²) in [6, 6.07) is 14.9. The summed E-state index contributed by atoms with van der Waals surface area (Å²) in [6.07, 6.45) is 4.44. The molecule has 2 heterocycles. The van der Waals surface area contributed by atoms with Gasteiger partial charge in [-0.2, -0.15) is 0 Å². The van der Waals surface area contributed by atoms with E-state index in [1.54, 1.807) is 14.2 Å². The molecule has 2 aliphatic rings. The number of guanidine groups is 1. The standard InChI is InChI=1S/C26H35N5O2/c1-27-26(28-19-21-7-6-8-23(17-21)30-11-4-5-12-30)31-15-13-29(14-16-31)20-22-9-10-24(32-2)25(18-22)33-3/h4-10,17-18H,11-16,19-20H2,1-3H3,(H,27,28). The Bertz CT molecular complexity index is 974. The molecular weight excluding hydrogens is 414 g/mol. The van der Waals surface area contributed by atoms with Gasteiger partial charge in [-0.05, 0) is 35.4 Å². The van der Waals surface area contributed by atoms with E-state index in [1.807, 2.05) is 13.1 Å². The van der Waals surface area contributed by atoms with E-state index in [1.165, 1.54) is 16.8 Å². The number of methoxy groups -OCH3 is 2. The van der Waals surface area contributed by atoms with Gasteiger partial charge in [-0.15, -0.1) is 0 Å². The van der Waals surface area contributed by atoms with Crippen LogP contribution in [0.4, 0.5) is 5.69 Å². The van der Waals surface area contributed by atoms with Gasteiger partial charge >= 0.3 is 0 Å². The van der Waals surface area contributed by atoms with Crippen molar-refractivity contribution in [1.82, 2.24) is 15.1 Å². The van der Waals surface area contributed by atoms with Crippen LogP contribution in [0.3, 0.4) is 0 Å². The number of aliphatic imine (C=N–C) groups is 1. The second kappa shape index (κ2) is 11.1. The maximum absolute atomic E-state index is 5.45. The summed E-state index contributed by atoms with van der Waals surface area (Å²) >= 11 is 0. The zero-order valence-corrected chi connectivity index (χ0v) is 20.0. The summed E-state index contributed by atoms with van der Waals surface area (Å²) < 4.78 is 10.8. The lowest BCUT2D eigenvalue weighted by Gasteiger charge is -2.36. The van der Waals surface area contributed by atoms with Gasteiger partial charge in [0.15, 0.2) is 17.5 Å². The topological polar surface area (TPSA) is 52.6 Å². The molecule has 2 aromatic rings. The first-order valence-electron chi connectivity index (χ1n) is 11.6. The van der Waals surface area contributed by atoms with Crippen molar-refractivity contribution in [3.05, 3.63) is 65.7 Å². The molecule has 0 unspecified atom stereocenters. The third-order valence-corrected chi connectivity index (χ3v) is 6.28. The highest BCUT2D eigenvalue weighted by Crippen LogP contribution is 2.28. The first-order chi connectivity index (χ1) is 16.2. The molecule has 0 bridgehead atoms. The smallest absolute Gasteiger partial charge is 0.194 e. The predicted molar refractivity (Wildman–Crippen MR) is 134 cm³/mol. The van der Waals surface area contributed by atoms with E-state index in [0.29, 0.717) is 0 Å². The molecule has 1 fully saturated rings. The fourth-order valence-corrected chi connectivity index (χ4v) is 4.42. The van der Waals surface area contributed by atoms with Gasteiger partial charge in [0.05, 0.1) is 14.2 Å². The zero-order chi connectivity index (χ0) is 23.0. The molecule has 1 saturated heterocycles. The van der Waals surface area contributed by atoms with Gasteiger partial charge in [0.25, 0.3) is 0 Å². The molecule has 0 atom stereocenters. The Balaban J connectivity index is 1.27. The molecule has 7 heteroatoms. The van der Waals surface area contributed by atoms with Crippen LogP contribution < -0.4 is 19.7 Å². The summed E-state index contributed by atoms with van der Waals surface area (Å²) in [6.45, 7) is 7.54. The Morgan fingerprint density at radius 1 is 0.909 bits per heavy atom. The third-order valence-electron chi connectivity index (χ3n) is 6.28. The molecule has 1 N–H and O–H groups in total. The number of ether oxygens (including phenoxy) is 2. The molecule has 2 aliphatic heterocycles. The van der Waals surface area contributed by atoms with Crippen molar-refractivity contribution in [3.63, 3.8) is 0 Å². The highest BCUT2D eigenvalue weighted by atomic mass is 16.5. The van der Waals surface area contributed by atoms with E-state index in [2.05, 4.69) is 73.6 Å². The Kier molecular flexibility index (Phi) is 7.73. The van der Waals surface area contributed by atoms with E-state index in [9.17, 15) is 0 Å². The SMILES string of the molecule is CN=C(NCc1cccc(N2CC=CC2)c1)N1CCN(Cc2ccc(OC)c(OC)c2)CC1. The zero-order valence-electron chi connectivity index (χ0n) is 20.0. The molecule has 2 aromatic carbocycles. The highest BCUT2D eigenvalue weighted by molar-refractivity contribution is 5.80. The van der Waals surface area contributed by atoms with Crippen molar-refractivity contribution in [2.24, 2.45) is 4.99 Å². The average molecular weight is 450 g/mol. The van der Waals surface area contributed by atoms with Crippen LogP contribution in [0.25, 0.3) is 0 Å². The molecule has 4 rings (SSSR count). The predicted octanol–water partition coefficient (Wildman–Crippen LogP) is 2.97. The Hall–Kier alpha value is -3.19. The number of benzene rings is 2. The number of anilines is 1. The first kappa shape index (κ1) is 23.0. The Labute approximate surface area is 197 Å². The van der Waals surface area contributed by atoms with E-state index in [4.69, 9.17) is 9.47 Å². The molecule has 7 nitrogen and oxygen atoms in total. The average Bonchev–Trinajstić information content (AvgIpc) is 3.41. The lowest BCUT2D eigenvalue weighted by Crippen LogP contribution is -2.52. The van der Waals surface area contributed by atoms with E-state index in [-0.39, 0.29) is 0 Å². The van der Waals surface area contributed by atoms with Crippen LogP contribution in [0.15, 0.2) is 59.6 Å². The lowest BCUT2D eigenvalue weighted by atomic mass is 10.1. The monoisotopic (exact) mass is 449 g/mol. The molecule has 0 radical (unpaired) electrons. The van der Waals surface area contributed by atoms with Crippen LogP contribution in [0.2, 0.25) is 0 Å². The summed E-state index contributed by atoms with van der Waals surface area (Å²) in [5, 5.41) is 3.56. The van der Waals surface area contributed by atoms with Crippen LogP contribution in [-0.4, -0.2) is 76.3 Å². The third kappa shape index (κ3) is 5.79.